The highest BCUT2D eigenvalue weighted by molar-refractivity contribution is 6.09. The quantitative estimate of drug-likeness (QED) is 0.202. The molecule has 0 saturated carbocycles. The number of hydrogen-bond donors (Lipinski definition) is 2. The van der Waals surface area contributed by atoms with Crippen molar-refractivity contribution in [1.82, 2.24) is 15.2 Å². The number of nitrogens with one attached hydrogen (secondary N) is 2. The summed E-state index contributed by atoms with van der Waals surface area (Å²) in [4.78, 5) is 0. The summed E-state index contributed by atoms with van der Waals surface area (Å²) in [6.07, 6.45) is 12.8. The summed E-state index contributed by atoms with van der Waals surface area (Å²) in [5.41, 5.74) is 10.4. The second kappa shape index (κ2) is 11.5. The number of rotatable bonds is 4. The molecule has 4 unspecified atom stereocenters. The van der Waals surface area contributed by atoms with Crippen LogP contribution >= 0.6 is 0 Å². The van der Waals surface area contributed by atoms with Crippen LogP contribution < -0.4 is 10.6 Å². The Balaban J connectivity index is 1.07. The fourth-order valence-corrected chi connectivity index (χ4v) is 8.82. The summed E-state index contributed by atoms with van der Waals surface area (Å²) in [6.45, 7) is 0. The summed E-state index contributed by atoms with van der Waals surface area (Å²) in [7, 11) is 0. The average Bonchev–Trinajstić information content (AvgIpc) is 3.51. The van der Waals surface area contributed by atoms with Gasteiger partial charge in [0.2, 0.25) is 0 Å². The van der Waals surface area contributed by atoms with Crippen molar-refractivity contribution in [2.45, 2.75) is 30.5 Å². The number of benzene rings is 6. The van der Waals surface area contributed by atoms with Gasteiger partial charge >= 0.3 is 0 Å². The monoisotopic (exact) mass is 631 g/mol. The van der Waals surface area contributed by atoms with Gasteiger partial charge < -0.3 is 9.88 Å². The molecule has 2 N–H and O–H groups in total. The maximum Gasteiger partial charge on any atom is 0.104 e. The van der Waals surface area contributed by atoms with Crippen LogP contribution in [0.4, 0.5) is 0 Å². The van der Waals surface area contributed by atoms with Crippen LogP contribution in [0.25, 0.3) is 38.3 Å². The lowest BCUT2D eigenvalue weighted by Gasteiger charge is -2.41. The number of nitrogens with zero attached hydrogens (tertiary/aromatic N) is 1. The molecule has 0 saturated heterocycles. The van der Waals surface area contributed by atoms with Crippen molar-refractivity contribution in [3.63, 3.8) is 0 Å². The Bertz CT molecular complexity index is 2400. The van der Waals surface area contributed by atoms with Gasteiger partial charge in [-0.2, -0.15) is 0 Å². The molecular formula is C46H37N3. The average molecular weight is 632 g/mol. The molecule has 5 atom stereocenters. The van der Waals surface area contributed by atoms with E-state index in [4.69, 9.17) is 0 Å². The Morgan fingerprint density at radius 1 is 0.551 bits per heavy atom. The molecule has 0 amide bonds. The molecule has 2 heterocycles. The second-order valence-corrected chi connectivity index (χ2v) is 13.7. The number of fused-ring (bicyclic) bond motifs is 7. The molecule has 1 aliphatic heterocycles. The molecule has 7 aromatic rings. The third-order valence-electron chi connectivity index (χ3n) is 11.1. The van der Waals surface area contributed by atoms with Crippen molar-refractivity contribution < 1.29 is 0 Å². The molecule has 49 heavy (non-hydrogen) atoms. The predicted octanol–water partition coefficient (Wildman–Crippen LogP) is 10.8. The number of hydrogen-bond acceptors (Lipinski definition) is 2. The first-order chi connectivity index (χ1) is 24.3. The van der Waals surface area contributed by atoms with E-state index >= 15 is 0 Å². The fraction of sp³-hybridized carbons (Fsp3) is 0.130. The number of allylic oxidation sites excluding steroid dienone is 5. The van der Waals surface area contributed by atoms with Gasteiger partial charge in [-0.3, -0.25) is 5.32 Å². The van der Waals surface area contributed by atoms with Gasteiger partial charge in [-0.1, -0.05) is 140 Å². The zero-order valence-corrected chi connectivity index (χ0v) is 27.2. The maximum absolute atomic E-state index is 4.04. The lowest BCUT2D eigenvalue weighted by molar-refractivity contribution is 0.375. The molecule has 0 radical (unpaired) electrons. The zero-order chi connectivity index (χ0) is 32.3. The van der Waals surface area contributed by atoms with Gasteiger partial charge in [0, 0.05) is 34.0 Å². The van der Waals surface area contributed by atoms with Crippen molar-refractivity contribution in [3.8, 4) is 5.69 Å². The van der Waals surface area contributed by atoms with E-state index in [0.29, 0.717) is 11.8 Å². The van der Waals surface area contributed by atoms with Crippen molar-refractivity contribution in [3.05, 3.63) is 198 Å². The van der Waals surface area contributed by atoms with Gasteiger partial charge in [0.05, 0.1) is 17.1 Å². The van der Waals surface area contributed by atoms with Crippen LogP contribution in [-0.4, -0.2) is 4.57 Å². The summed E-state index contributed by atoms with van der Waals surface area (Å²) < 4.78 is 2.39. The van der Waals surface area contributed by atoms with Gasteiger partial charge in [-0.05, 0) is 75.7 Å². The van der Waals surface area contributed by atoms with Crippen molar-refractivity contribution in [2.24, 2.45) is 5.92 Å². The van der Waals surface area contributed by atoms with E-state index in [1.54, 1.807) is 0 Å². The maximum atomic E-state index is 4.04. The molecule has 3 aliphatic rings. The molecule has 0 bridgehead atoms. The molecular weight excluding hydrogens is 595 g/mol. The molecule has 10 rings (SSSR count). The summed E-state index contributed by atoms with van der Waals surface area (Å²) >= 11 is 0. The van der Waals surface area contributed by atoms with E-state index in [0.717, 1.165) is 6.42 Å². The van der Waals surface area contributed by atoms with E-state index in [1.165, 1.54) is 66.2 Å². The minimum absolute atomic E-state index is 0.0519. The molecule has 3 nitrogen and oxygen atoms in total. The summed E-state index contributed by atoms with van der Waals surface area (Å²) in [5, 5.41) is 13.2. The fourth-order valence-electron chi connectivity index (χ4n) is 8.82. The van der Waals surface area contributed by atoms with Crippen LogP contribution in [0.2, 0.25) is 0 Å². The standard InChI is InChI=1S/C46H37N3/c1-3-15-34-30(12-1)14-11-21-38(34)42-29-43(41-28-32-13-2-4-16-35(32)36-17-5-6-18-37(36)41)48-46(47-42)31-24-26-33(27-25-31)49-44-22-9-7-19-39(44)40-20-8-10-23-45(40)49/h1-27,29,32,35,41-42,46-48H,28H2/t32?,35?,41-,42?,46?/m1/s1. The molecule has 236 valence electrons. The van der Waals surface area contributed by atoms with E-state index < -0.39 is 0 Å². The van der Waals surface area contributed by atoms with E-state index in [1.807, 2.05) is 0 Å². The first-order valence-electron chi connectivity index (χ1n) is 17.5. The molecule has 0 fully saturated rings. The van der Waals surface area contributed by atoms with Gasteiger partial charge in [0.15, 0.2) is 0 Å². The van der Waals surface area contributed by atoms with Crippen LogP contribution in [0, 0.1) is 5.92 Å². The number of para-hydroxylation sites is 2. The third-order valence-corrected chi connectivity index (χ3v) is 11.1. The van der Waals surface area contributed by atoms with Crippen LogP contribution in [-0.2, 0) is 0 Å². The zero-order valence-electron chi connectivity index (χ0n) is 27.2. The predicted molar refractivity (Wildman–Crippen MR) is 203 cm³/mol. The van der Waals surface area contributed by atoms with Gasteiger partial charge in [-0.25, -0.2) is 0 Å². The van der Waals surface area contributed by atoms with E-state index in [-0.39, 0.29) is 18.1 Å². The van der Waals surface area contributed by atoms with E-state index in [9.17, 15) is 0 Å². The van der Waals surface area contributed by atoms with Gasteiger partial charge in [0.1, 0.15) is 6.17 Å². The topological polar surface area (TPSA) is 29.0 Å². The molecule has 6 aromatic carbocycles. The first-order valence-corrected chi connectivity index (χ1v) is 17.5. The van der Waals surface area contributed by atoms with Crippen molar-refractivity contribution in [1.29, 1.82) is 0 Å². The van der Waals surface area contributed by atoms with Crippen LogP contribution in [0.15, 0.2) is 176 Å². The van der Waals surface area contributed by atoms with E-state index in [2.05, 4.69) is 185 Å². The highest BCUT2D eigenvalue weighted by Gasteiger charge is 2.37. The van der Waals surface area contributed by atoms with Crippen molar-refractivity contribution >= 4 is 32.6 Å². The van der Waals surface area contributed by atoms with Crippen LogP contribution in [0.1, 0.15) is 52.7 Å². The Kier molecular flexibility index (Phi) is 6.66. The van der Waals surface area contributed by atoms with Gasteiger partial charge in [-0.15, -0.1) is 0 Å². The van der Waals surface area contributed by atoms with Crippen molar-refractivity contribution in [2.75, 3.05) is 0 Å². The normalized spacial score (nSPS) is 22.9. The summed E-state index contributed by atoms with van der Waals surface area (Å²) in [5.74, 6) is 1.22. The van der Waals surface area contributed by atoms with Crippen LogP contribution in [0.5, 0.6) is 0 Å². The minimum Gasteiger partial charge on any atom is -0.369 e. The molecule has 0 spiro atoms. The first kappa shape index (κ1) is 28.4. The highest BCUT2D eigenvalue weighted by Crippen LogP contribution is 2.48. The second-order valence-electron chi connectivity index (χ2n) is 13.7. The molecule has 2 aliphatic carbocycles. The Labute approximate surface area is 286 Å². The molecule has 1 aromatic heterocycles. The minimum atomic E-state index is -0.0529. The number of aromatic nitrogens is 1. The largest absolute Gasteiger partial charge is 0.369 e. The Morgan fingerprint density at radius 2 is 1.18 bits per heavy atom. The Hall–Kier alpha value is -5.64. The smallest absolute Gasteiger partial charge is 0.104 e. The SMILES string of the molecule is C1=CC2C[C@@H](C3=CC(c4cccc5ccccc45)NC(c4ccc(-n5c6ccccc6c6ccccc65)cc4)N3)c3ccccc3C2C=C1. The lowest BCUT2D eigenvalue weighted by atomic mass is 9.67. The van der Waals surface area contributed by atoms with Crippen LogP contribution in [0.3, 0.4) is 0 Å². The summed E-state index contributed by atoms with van der Waals surface area (Å²) in [6, 6.07) is 51.2. The highest BCUT2D eigenvalue weighted by atomic mass is 15.2. The molecule has 3 heteroatoms. The lowest BCUT2D eigenvalue weighted by Crippen LogP contribution is -2.42. The van der Waals surface area contributed by atoms with Gasteiger partial charge in [0.25, 0.3) is 0 Å². The third kappa shape index (κ3) is 4.68. The Morgan fingerprint density at radius 3 is 1.98 bits per heavy atom.